The maximum absolute atomic E-state index is 12.9. The third-order valence-corrected chi connectivity index (χ3v) is 5.93. The van der Waals surface area contributed by atoms with E-state index in [-0.39, 0.29) is 35.1 Å². The maximum atomic E-state index is 12.9. The van der Waals surface area contributed by atoms with E-state index in [1.807, 2.05) is 0 Å². The summed E-state index contributed by atoms with van der Waals surface area (Å²) in [5.74, 6) is -4.45. The molecule has 2 aliphatic heterocycles. The van der Waals surface area contributed by atoms with Gasteiger partial charge in [-0.05, 0) is 37.1 Å². The fraction of sp³-hybridized carbons (Fsp3) is 0.250. The Labute approximate surface area is 194 Å². The Morgan fingerprint density at radius 2 is 0.882 bits per heavy atom. The number of methoxy groups -OCH3 is 2. The van der Waals surface area contributed by atoms with Gasteiger partial charge in [0.2, 0.25) is 0 Å². The smallest absolute Gasteiger partial charge is 0.329 e. The van der Waals surface area contributed by atoms with Gasteiger partial charge in [-0.3, -0.25) is 29.0 Å². The zero-order valence-corrected chi connectivity index (χ0v) is 18.3. The molecule has 0 N–H and O–H groups in total. The Morgan fingerprint density at radius 1 is 0.618 bits per heavy atom. The summed E-state index contributed by atoms with van der Waals surface area (Å²) in [6.07, 6.45) is -0.489. The van der Waals surface area contributed by atoms with Crippen LogP contribution >= 0.6 is 0 Å². The first-order chi connectivity index (χ1) is 16.3. The van der Waals surface area contributed by atoms with Crippen molar-refractivity contribution >= 4 is 35.6 Å². The van der Waals surface area contributed by atoms with Crippen LogP contribution in [0, 0.1) is 0 Å². The van der Waals surface area contributed by atoms with E-state index in [1.165, 1.54) is 24.3 Å². The quantitative estimate of drug-likeness (QED) is 0.445. The van der Waals surface area contributed by atoms with Crippen LogP contribution in [0.4, 0.5) is 0 Å². The van der Waals surface area contributed by atoms with Crippen LogP contribution in [0.1, 0.15) is 54.3 Å². The van der Waals surface area contributed by atoms with Crippen molar-refractivity contribution in [2.24, 2.45) is 0 Å². The van der Waals surface area contributed by atoms with Crippen molar-refractivity contribution < 1.29 is 38.2 Å². The molecule has 0 aliphatic carbocycles. The average Bonchev–Trinajstić information content (AvgIpc) is 3.26. The molecule has 10 nitrogen and oxygen atoms in total. The number of carbonyl (C=O) groups excluding carboxylic acids is 6. The van der Waals surface area contributed by atoms with Crippen LogP contribution in [0.15, 0.2) is 48.5 Å². The van der Waals surface area contributed by atoms with Crippen molar-refractivity contribution in [2.75, 3.05) is 14.2 Å². The summed E-state index contributed by atoms with van der Waals surface area (Å²) in [6, 6.07) is 9.51. The van der Waals surface area contributed by atoms with E-state index in [4.69, 9.17) is 9.47 Å². The second-order valence-electron chi connectivity index (χ2n) is 7.71. The maximum Gasteiger partial charge on any atom is 0.329 e. The molecular formula is C24H20N2O8. The van der Waals surface area contributed by atoms with Gasteiger partial charge in [0, 0.05) is 0 Å². The van der Waals surface area contributed by atoms with E-state index in [0.717, 1.165) is 24.0 Å². The van der Waals surface area contributed by atoms with E-state index in [9.17, 15) is 28.8 Å². The summed E-state index contributed by atoms with van der Waals surface area (Å²) in [7, 11) is 2.21. The van der Waals surface area contributed by atoms with Gasteiger partial charge in [0.15, 0.2) is 0 Å². The fourth-order valence-electron chi connectivity index (χ4n) is 4.27. The van der Waals surface area contributed by atoms with Gasteiger partial charge in [0.05, 0.1) is 36.5 Å². The molecule has 0 saturated carbocycles. The highest BCUT2D eigenvalue weighted by molar-refractivity contribution is 6.23. The number of esters is 2. The Morgan fingerprint density at radius 3 is 1.12 bits per heavy atom. The minimum absolute atomic E-state index is 0.145. The molecule has 0 fully saturated rings. The molecule has 0 aromatic heterocycles. The molecule has 2 atom stereocenters. The van der Waals surface area contributed by atoms with Crippen LogP contribution in [0.3, 0.4) is 0 Å². The molecule has 2 aromatic rings. The second kappa shape index (κ2) is 8.89. The number of hydrogen-bond acceptors (Lipinski definition) is 8. The molecule has 4 rings (SSSR count). The Bertz CT molecular complexity index is 1070. The van der Waals surface area contributed by atoms with Gasteiger partial charge in [-0.25, -0.2) is 9.59 Å². The summed E-state index contributed by atoms with van der Waals surface area (Å²) < 4.78 is 9.62. The van der Waals surface area contributed by atoms with Gasteiger partial charge in [0.25, 0.3) is 23.6 Å². The SMILES string of the molecule is COC(=O)[C@@H](CC[C@@H](C(=O)OC)N1C(=O)c2ccccc2C1=O)N1C(=O)c2ccccc2C1=O. The molecule has 0 saturated heterocycles. The van der Waals surface area contributed by atoms with Gasteiger partial charge < -0.3 is 9.47 Å². The summed E-state index contributed by atoms with van der Waals surface area (Å²) in [4.78, 5) is 78.3. The van der Waals surface area contributed by atoms with Gasteiger partial charge in [-0.15, -0.1) is 0 Å². The number of nitrogens with zero attached hydrogens (tertiary/aromatic N) is 2. The fourth-order valence-corrected chi connectivity index (χ4v) is 4.27. The normalized spacial score (nSPS) is 16.3. The number of ether oxygens (including phenoxy) is 2. The van der Waals surface area contributed by atoms with Crippen LogP contribution in [-0.2, 0) is 19.1 Å². The highest BCUT2D eigenvalue weighted by Gasteiger charge is 2.46. The first-order valence-corrected chi connectivity index (χ1v) is 10.4. The number of rotatable bonds is 7. The number of fused-ring (bicyclic) bond motifs is 2. The predicted octanol–water partition coefficient (Wildman–Crippen LogP) is 1.44. The highest BCUT2D eigenvalue weighted by atomic mass is 16.5. The van der Waals surface area contributed by atoms with E-state index < -0.39 is 47.7 Å². The number of amides is 4. The van der Waals surface area contributed by atoms with Crippen molar-refractivity contribution in [3.63, 3.8) is 0 Å². The molecule has 2 aromatic carbocycles. The highest BCUT2D eigenvalue weighted by Crippen LogP contribution is 2.30. The molecule has 0 radical (unpaired) electrons. The van der Waals surface area contributed by atoms with E-state index in [0.29, 0.717) is 0 Å². The van der Waals surface area contributed by atoms with Crippen molar-refractivity contribution in [3.8, 4) is 0 Å². The van der Waals surface area contributed by atoms with Crippen LogP contribution in [-0.4, -0.2) is 71.7 Å². The molecule has 2 heterocycles. The lowest BCUT2D eigenvalue weighted by molar-refractivity contribution is -0.148. The summed E-state index contributed by atoms with van der Waals surface area (Å²) in [6.45, 7) is 0. The van der Waals surface area contributed by atoms with Crippen molar-refractivity contribution in [2.45, 2.75) is 24.9 Å². The lowest BCUT2D eigenvalue weighted by Gasteiger charge is -2.28. The lowest BCUT2D eigenvalue weighted by Crippen LogP contribution is -2.49. The summed E-state index contributed by atoms with van der Waals surface area (Å²) >= 11 is 0. The van der Waals surface area contributed by atoms with Gasteiger partial charge in [-0.2, -0.15) is 0 Å². The zero-order valence-electron chi connectivity index (χ0n) is 18.3. The molecule has 0 bridgehead atoms. The molecule has 174 valence electrons. The number of imide groups is 2. The average molecular weight is 464 g/mol. The Hall–Kier alpha value is -4.34. The molecule has 4 amide bonds. The summed E-state index contributed by atoms with van der Waals surface area (Å²) in [5, 5.41) is 0. The van der Waals surface area contributed by atoms with Gasteiger partial charge >= 0.3 is 11.9 Å². The third-order valence-electron chi connectivity index (χ3n) is 5.93. The van der Waals surface area contributed by atoms with Crippen LogP contribution in [0.5, 0.6) is 0 Å². The minimum Gasteiger partial charge on any atom is -0.467 e. The predicted molar refractivity (Wildman–Crippen MR) is 115 cm³/mol. The third kappa shape index (κ3) is 3.53. The second-order valence-corrected chi connectivity index (χ2v) is 7.71. The lowest BCUT2D eigenvalue weighted by atomic mass is 10.0. The standard InChI is InChI=1S/C24H20N2O8/c1-33-23(31)17(25-19(27)13-7-3-4-8-14(13)20(25)28)11-12-18(24(32)34-2)26-21(29)15-9-5-6-10-16(15)22(26)30/h3-10,17-18H,11-12H2,1-2H3/t17-,18+. The zero-order chi connectivity index (χ0) is 24.6. The molecule has 34 heavy (non-hydrogen) atoms. The van der Waals surface area contributed by atoms with Gasteiger partial charge in [-0.1, -0.05) is 24.3 Å². The summed E-state index contributed by atoms with van der Waals surface area (Å²) in [5.41, 5.74) is 0.579. The Kier molecular flexibility index (Phi) is 5.97. The van der Waals surface area contributed by atoms with Crippen LogP contribution in [0.25, 0.3) is 0 Å². The van der Waals surface area contributed by atoms with E-state index in [1.54, 1.807) is 24.3 Å². The monoisotopic (exact) mass is 464 g/mol. The minimum atomic E-state index is -1.38. The number of carbonyl (C=O) groups is 6. The van der Waals surface area contributed by atoms with E-state index in [2.05, 4.69) is 0 Å². The van der Waals surface area contributed by atoms with Crippen molar-refractivity contribution in [1.29, 1.82) is 0 Å². The number of benzene rings is 2. The van der Waals surface area contributed by atoms with Crippen molar-refractivity contribution in [3.05, 3.63) is 70.8 Å². The molecule has 10 heteroatoms. The Balaban J connectivity index is 1.62. The van der Waals surface area contributed by atoms with E-state index >= 15 is 0 Å². The topological polar surface area (TPSA) is 127 Å². The van der Waals surface area contributed by atoms with Crippen molar-refractivity contribution in [1.82, 2.24) is 9.80 Å². The largest absolute Gasteiger partial charge is 0.467 e. The molecular weight excluding hydrogens is 444 g/mol. The number of hydrogen-bond donors (Lipinski definition) is 0. The molecule has 2 aliphatic rings. The van der Waals surface area contributed by atoms with Crippen LogP contribution < -0.4 is 0 Å². The molecule has 0 unspecified atom stereocenters. The van der Waals surface area contributed by atoms with Gasteiger partial charge in [0.1, 0.15) is 12.1 Å². The first-order valence-electron chi connectivity index (χ1n) is 10.4. The first kappa shape index (κ1) is 22.8. The van der Waals surface area contributed by atoms with Crippen LogP contribution in [0.2, 0.25) is 0 Å². The molecule has 0 spiro atoms.